The fourth-order valence-electron chi connectivity index (χ4n) is 2.36. The number of aromatic amines is 1. The molecule has 0 saturated heterocycles. The molecule has 2 aromatic rings. The number of rotatable bonds is 5. The average molecular weight is 259 g/mol. The predicted molar refractivity (Wildman–Crippen MR) is 78.4 cm³/mol. The van der Waals surface area contributed by atoms with Crippen LogP contribution in [0.2, 0.25) is 0 Å². The van der Waals surface area contributed by atoms with E-state index >= 15 is 0 Å². The zero-order chi connectivity index (χ0) is 13.8. The van der Waals surface area contributed by atoms with Crippen LogP contribution >= 0.6 is 0 Å². The van der Waals surface area contributed by atoms with E-state index in [1.807, 2.05) is 12.1 Å². The zero-order valence-electron chi connectivity index (χ0n) is 11.8. The second-order valence-corrected chi connectivity index (χ2v) is 4.59. The number of H-pyrrole nitrogens is 1. The van der Waals surface area contributed by atoms with Crippen molar-refractivity contribution in [3.63, 3.8) is 0 Å². The number of nitrogens with zero attached hydrogens (tertiary/aromatic N) is 1. The highest BCUT2D eigenvalue weighted by molar-refractivity contribution is 5.77. The Morgan fingerprint density at radius 3 is 2.74 bits per heavy atom. The number of nitrogens with two attached hydrogens (primary N) is 1. The Balaban J connectivity index is 2.49. The molecule has 0 unspecified atom stereocenters. The maximum atomic E-state index is 5.99. The molecule has 0 fully saturated rings. The highest BCUT2D eigenvalue weighted by atomic mass is 16.5. The van der Waals surface area contributed by atoms with Crippen LogP contribution in [0.1, 0.15) is 31.5 Å². The molecule has 1 heterocycles. The molecule has 3 N–H and O–H groups in total. The number of hydrogen-bond acceptors (Lipinski definition) is 3. The van der Waals surface area contributed by atoms with Crippen molar-refractivity contribution in [1.29, 1.82) is 0 Å². The average Bonchev–Trinajstić information content (AvgIpc) is 2.79. The number of nitrogens with one attached hydrogen (secondary N) is 1. The lowest BCUT2D eigenvalue weighted by Crippen LogP contribution is -1.94. The van der Waals surface area contributed by atoms with Crippen LogP contribution in [0.5, 0.6) is 5.75 Å². The maximum absolute atomic E-state index is 5.99. The van der Waals surface area contributed by atoms with Gasteiger partial charge >= 0.3 is 0 Å². The zero-order valence-corrected chi connectivity index (χ0v) is 11.8. The van der Waals surface area contributed by atoms with Crippen LogP contribution in [0.3, 0.4) is 0 Å². The van der Waals surface area contributed by atoms with Gasteiger partial charge in [-0.1, -0.05) is 26.3 Å². The second-order valence-electron chi connectivity index (χ2n) is 4.59. The summed E-state index contributed by atoms with van der Waals surface area (Å²) >= 11 is 0. The fourth-order valence-corrected chi connectivity index (χ4v) is 2.36. The molecule has 0 atom stereocenters. The van der Waals surface area contributed by atoms with Crippen molar-refractivity contribution in [1.82, 2.24) is 10.2 Å². The minimum atomic E-state index is 0.565. The Morgan fingerprint density at radius 2 is 2.11 bits per heavy atom. The fraction of sp³-hybridized carbons (Fsp3) is 0.400. The lowest BCUT2D eigenvalue weighted by Gasteiger charge is -2.10. The summed E-state index contributed by atoms with van der Waals surface area (Å²) < 4.78 is 5.36. The lowest BCUT2D eigenvalue weighted by molar-refractivity contribution is 0.410. The minimum Gasteiger partial charge on any atom is -0.496 e. The minimum absolute atomic E-state index is 0.565. The van der Waals surface area contributed by atoms with E-state index in [1.165, 1.54) is 5.56 Å². The molecule has 2 rings (SSSR count). The molecule has 1 aromatic heterocycles. The van der Waals surface area contributed by atoms with Crippen LogP contribution in [-0.4, -0.2) is 17.3 Å². The monoisotopic (exact) mass is 259 g/mol. The van der Waals surface area contributed by atoms with Gasteiger partial charge in [0.2, 0.25) is 0 Å². The molecule has 0 aliphatic heterocycles. The summed E-state index contributed by atoms with van der Waals surface area (Å²) in [6.07, 6.45) is 2.94. The highest BCUT2D eigenvalue weighted by Gasteiger charge is 2.14. The molecule has 0 bridgehead atoms. The first-order chi connectivity index (χ1) is 9.21. The van der Waals surface area contributed by atoms with E-state index in [-0.39, 0.29) is 0 Å². The Hall–Kier alpha value is -1.97. The van der Waals surface area contributed by atoms with Gasteiger partial charge in [-0.25, -0.2) is 0 Å². The third-order valence-corrected chi connectivity index (χ3v) is 3.32. The van der Waals surface area contributed by atoms with Crippen molar-refractivity contribution in [3.8, 4) is 16.9 Å². The molecule has 4 heteroatoms. The third kappa shape index (κ3) is 2.57. The second kappa shape index (κ2) is 5.78. The van der Waals surface area contributed by atoms with Crippen LogP contribution in [0, 0.1) is 0 Å². The first kappa shape index (κ1) is 13.5. The van der Waals surface area contributed by atoms with Crippen LogP contribution in [-0.2, 0) is 12.8 Å². The molecule has 19 heavy (non-hydrogen) atoms. The van der Waals surface area contributed by atoms with Crippen molar-refractivity contribution in [3.05, 3.63) is 29.5 Å². The van der Waals surface area contributed by atoms with Gasteiger partial charge in [0.15, 0.2) is 5.82 Å². The maximum Gasteiger partial charge on any atom is 0.153 e. The summed E-state index contributed by atoms with van der Waals surface area (Å²) in [5.74, 6) is 1.49. The molecule has 0 spiro atoms. The molecule has 0 aliphatic carbocycles. The van der Waals surface area contributed by atoms with E-state index in [0.29, 0.717) is 5.82 Å². The van der Waals surface area contributed by atoms with E-state index in [9.17, 15) is 0 Å². The molecule has 0 radical (unpaired) electrons. The largest absolute Gasteiger partial charge is 0.496 e. The Morgan fingerprint density at radius 1 is 1.32 bits per heavy atom. The van der Waals surface area contributed by atoms with Gasteiger partial charge in [-0.15, -0.1) is 0 Å². The quantitative estimate of drug-likeness (QED) is 0.866. The van der Waals surface area contributed by atoms with Gasteiger partial charge in [0.1, 0.15) is 5.75 Å². The summed E-state index contributed by atoms with van der Waals surface area (Å²) in [6, 6.07) is 6.17. The highest BCUT2D eigenvalue weighted by Crippen LogP contribution is 2.32. The van der Waals surface area contributed by atoms with E-state index in [1.54, 1.807) is 7.11 Å². The molecule has 102 valence electrons. The number of benzene rings is 1. The van der Waals surface area contributed by atoms with Gasteiger partial charge in [0.25, 0.3) is 0 Å². The molecule has 0 saturated carbocycles. The van der Waals surface area contributed by atoms with Crippen molar-refractivity contribution in [2.24, 2.45) is 0 Å². The van der Waals surface area contributed by atoms with Gasteiger partial charge < -0.3 is 10.5 Å². The van der Waals surface area contributed by atoms with E-state index < -0.39 is 0 Å². The van der Waals surface area contributed by atoms with Crippen molar-refractivity contribution >= 4 is 5.82 Å². The predicted octanol–water partition coefficient (Wildman–Crippen LogP) is 3.18. The SMILES string of the molecule is CCCc1[nH]nc(N)c1-c1ccc(OC)c(CC)c1. The normalized spacial score (nSPS) is 10.7. The summed E-state index contributed by atoms with van der Waals surface area (Å²) in [7, 11) is 1.70. The Bertz CT molecular complexity index is 561. The Kier molecular flexibility index (Phi) is 4.10. The molecule has 4 nitrogen and oxygen atoms in total. The van der Waals surface area contributed by atoms with Crippen LogP contribution in [0.25, 0.3) is 11.1 Å². The van der Waals surface area contributed by atoms with Crippen LogP contribution < -0.4 is 10.5 Å². The molecular weight excluding hydrogens is 238 g/mol. The van der Waals surface area contributed by atoms with Gasteiger partial charge in [0, 0.05) is 11.3 Å². The first-order valence-electron chi connectivity index (χ1n) is 6.71. The summed E-state index contributed by atoms with van der Waals surface area (Å²) in [5, 5.41) is 7.16. The summed E-state index contributed by atoms with van der Waals surface area (Å²) in [4.78, 5) is 0. The number of nitrogen functional groups attached to an aromatic ring is 1. The number of anilines is 1. The Labute approximate surface area is 114 Å². The first-order valence-corrected chi connectivity index (χ1v) is 6.71. The third-order valence-electron chi connectivity index (χ3n) is 3.32. The number of hydrogen-bond donors (Lipinski definition) is 2. The number of aryl methyl sites for hydroxylation is 2. The number of ether oxygens (including phenoxy) is 1. The number of methoxy groups -OCH3 is 1. The van der Waals surface area contributed by atoms with Gasteiger partial charge in [-0.3, -0.25) is 5.10 Å². The number of aromatic nitrogens is 2. The van der Waals surface area contributed by atoms with Crippen molar-refractivity contribution < 1.29 is 4.74 Å². The van der Waals surface area contributed by atoms with Crippen LogP contribution in [0.15, 0.2) is 18.2 Å². The van der Waals surface area contributed by atoms with E-state index in [0.717, 1.165) is 41.8 Å². The summed E-state index contributed by atoms with van der Waals surface area (Å²) in [5.41, 5.74) is 10.4. The van der Waals surface area contributed by atoms with Crippen molar-refractivity contribution in [2.75, 3.05) is 12.8 Å². The van der Waals surface area contributed by atoms with E-state index in [2.05, 4.69) is 30.1 Å². The summed E-state index contributed by atoms with van der Waals surface area (Å²) in [6.45, 7) is 4.26. The van der Waals surface area contributed by atoms with Gasteiger partial charge in [0.05, 0.1) is 7.11 Å². The standard InChI is InChI=1S/C15H21N3O/c1-4-6-12-14(15(16)18-17-12)11-7-8-13(19-3)10(5-2)9-11/h7-9H,4-6H2,1-3H3,(H3,16,17,18). The molecule has 0 aliphatic rings. The van der Waals surface area contributed by atoms with E-state index in [4.69, 9.17) is 10.5 Å². The van der Waals surface area contributed by atoms with Gasteiger partial charge in [-0.2, -0.15) is 5.10 Å². The van der Waals surface area contributed by atoms with Gasteiger partial charge in [-0.05, 0) is 36.1 Å². The smallest absolute Gasteiger partial charge is 0.153 e. The lowest BCUT2D eigenvalue weighted by atomic mass is 9.99. The topological polar surface area (TPSA) is 63.9 Å². The van der Waals surface area contributed by atoms with Crippen LogP contribution in [0.4, 0.5) is 5.82 Å². The van der Waals surface area contributed by atoms with Crippen molar-refractivity contribution in [2.45, 2.75) is 33.1 Å². The molecule has 1 aromatic carbocycles. The molecule has 0 amide bonds. The molecular formula is C15H21N3O.